The van der Waals surface area contributed by atoms with E-state index >= 15 is 0 Å². The van der Waals surface area contributed by atoms with Gasteiger partial charge in [0.05, 0.1) is 16.9 Å². The molecule has 1 atom stereocenters. The Balaban J connectivity index is 1.50. The topological polar surface area (TPSA) is 78.7 Å². The molecule has 0 spiro atoms. The monoisotopic (exact) mass is 533 g/mol. The van der Waals surface area contributed by atoms with Gasteiger partial charge in [0, 0.05) is 35.1 Å². The highest BCUT2D eigenvalue weighted by atomic mass is 79.9. The van der Waals surface area contributed by atoms with E-state index in [1.807, 2.05) is 35.9 Å². The molecule has 0 aliphatic carbocycles. The molecule has 1 aliphatic heterocycles. The number of fused-ring (bicyclic) bond motifs is 2. The molecule has 1 unspecified atom stereocenters. The van der Waals surface area contributed by atoms with Gasteiger partial charge in [0.15, 0.2) is 0 Å². The Hall–Kier alpha value is -3.98. The van der Waals surface area contributed by atoms with Gasteiger partial charge in [-0.25, -0.2) is 14.2 Å². The summed E-state index contributed by atoms with van der Waals surface area (Å²) in [5.74, 6) is -0.366. The lowest BCUT2D eigenvalue weighted by molar-refractivity contribution is -0.119. The molecule has 2 N–H and O–H groups in total. The van der Waals surface area contributed by atoms with Gasteiger partial charge in [-0.2, -0.15) is 0 Å². The fourth-order valence-corrected chi connectivity index (χ4v) is 4.53. The first-order valence-electron chi connectivity index (χ1n) is 10.9. The van der Waals surface area contributed by atoms with Crippen molar-refractivity contribution in [2.24, 2.45) is 12.0 Å². The van der Waals surface area contributed by atoms with Crippen LogP contribution in [0.2, 0.25) is 0 Å². The van der Waals surface area contributed by atoms with Crippen LogP contribution in [0, 0.1) is 5.82 Å². The highest BCUT2D eigenvalue weighted by Crippen LogP contribution is 2.28. The number of carbonyl (C=O) groups is 2. The average molecular weight is 534 g/mol. The van der Waals surface area contributed by atoms with E-state index in [0.29, 0.717) is 17.1 Å². The third kappa shape index (κ3) is 4.19. The number of nitrogens with one attached hydrogen (secondary N) is 2. The summed E-state index contributed by atoms with van der Waals surface area (Å²) in [6.45, 7) is 0. The number of rotatable bonds is 3. The Bertz CT molecular complexity index is 1510. The number of hydrogen-bond donors (Lipinski definition) is 2. The van der Waals surface area contributed by atoms with Gasteiger partial charge in [0.2, 0.25) is 6.17 Å². The van der Waals surface area contributed by atoms with Crippen molar-refractivity contribution in [2.45, 2.75) is 6.17 Å². The molecule has 1 aromatic heterocycles. The Morgan fingerprint density at radius 3 is 2.49 bits per heavy atom. The molecule has 0 fully saturated rings. The average Bonchev–Trinajstić information content (AvgIpc) is 3.10. The minimum absolute atomic E-state index is 0.245. The van der Waals surface area contributed by atoms with Crippen LogP contribution in [0.15, 0.2) is 82.3 Å². The van der Waals surface area contributed by atoms with Crippen LogP contribution in [0.5, 0.6) is 0 Å². The van der Waals surface area contributed by atoms with Crippen LogP contribution in [0.25, 0.3) is 10.9 Å². The van der Waals surface area contributed by atoms with Gasteiger partial charge in [0.1, 0.15) is 11.6 Å². The van der Waals surface area contributed by atoms with E-state index in [4.69, 9.17) is 0 Å². The third-order valence-electron chi connectivity index (χ3n) is 5.99. The van der Waals surface area contributed by atoms with Crippen molar-refractivity contribution in [1.82, 2.24) is 9.88 Å². The summed E-state index contributed by atoms with van der Waals surface area (Å²) in [6.07, 6.45) is -1.26. The maximum Gasteiger partial charge on any atom is 0.322 e. The summed E-state index contributed by atoms with van der Waals surface area (Å²) in [4.78, 5) is 32.2. The first-order valence-corrected chi connectivity index (χ1v) is 11.6. The molecule has 0 saturated heterocycles. The number of benzene rings is 3. The highest BCUT2D eigenvalue weighted by Gasteiger charge is 2.31. The van der Waals surface area contributed by atoms with Crippen LogP contribution in [0.1, 0.15) is 11.1 Å². The fraction of sp³-hybridized carbons (Fsp3) is 0.115. The van der Waals surface area contributed by atoms with Crippen LogP contribution in [-0.2, 0) is 11.8 Å². The van der Waals surface area contributed by atoms with E-state index < -0.39 is 23.9 Å². The summed E-state index contributed by atoms with van der Waals surface area (Å²) >= 11 is 3.46. The van der Waals surface area contributed by atoms with Crippen molar-refractivity contribution < 1.29 is 14.0 Å². The Labute approximate surface area is 209 Å². The molecule has 176 valence electrons. The number of benzodiazepines with no additional fused rings is 1. The first-order chi connectivity index (χ1) is 16.8. The molecule has 3 aromatic carbocycles. The molecule has 0 bridgehead atoms. The van der Waals surface area contributed by atoms with Gasteiger partial charge in [-0.1, -0.05) is 52.3 Å². The van der Waals surface area contributed by atoms with Crippen LogP contribution in [0.4, 0.5) is 20.7 Å². The predicted octanol–water partition coefficient (Wildman–Crippen LogP) is 5.04. The van der Waals surface area contributed by atoms with Crippen molar-refractivity contribution in [3.05, 3.63) is 94.2 Å². The van der Waals surface area contributed by atoms with Crippen molar-refractivity contribution in [1.29, 1.82) is 0 Å². The van der Waals surface area contributed by atoms with Gasteiger partial charge < -0.3 is 14.8 Å². The Morgan fingerprint density at radius 1 is 1.00 bits per heavy atom. The molecule has 5 rings (SSSR count). The predicted molar refractivity (Wildman–Crippen MR) is 138 cm³/mol. The number of carbonyl (C=O) groups excluding carboxylic acids is 2. The molecular weight excluding hydrogens is 513 g/mol. The van der Waals surface area contributed by atoms with Gasteiger partial charge >= 0.3 is 6.03 Å². The molecule has 35 heavy (non-hydrogen) atoms. The number of aliphatic imine (C=N–C) groups is 1. The molecule has 4 aromatic rings. The largest absolute Gasteiger partial charge is 0.330 e. The lowest BCUT2D eigenvalue weighted by atomic mass is 10.00. The SMILES string of the molecule is CN1C(=O)C(NC(=O)Nc2cc3ccc(Br)cc3n2C)N=C(c2ccccc2F)c2ccccc21. The zero-order valence-corrected chi connectivity index (χ0v) is 20.5. The third-order valence-corrected chi connectivity index (χ3v) is 6.48. The summed E-state index contributed by atoms with van der Waals surface area (Å²) in [5.41, 5.74) is 2.63. The molecule has 9 heteroatoms. The zero-order valence-electron chi connectivity index (χ0n) is 18.9. The van der Waals surface area contributed by atoms with Gasteiger partial charge in [-0.3, -0.25) is 10.1 Å². The standard InChI is InChI=1S/C26H21BrFN5O2/c1-32-21-14-16(27)12-11-15(21)13-22(32)29-26(35)31-24-25(34)33(2)20-10-6-4-8-18(20)23(30-24)17-7-3-5-9-19(17)28/h3-14,24H,1-2H3,(H2,29,31,35). The smallest absolute Gasteiger partial charge is 0.322 e. The first kappa shape index (κ1) is 22.8. The zero-order chi connectivity index (χ0) is 24.7. The maximum absolute atomic E-state index is 14.8. The second kappa shape index (κ2) is 8.99. The van der Waals surface area contributed by atoms with Crippen LogP contribution in [-0.4, -0.2) is 35.4 Å². The number of nitrogens with zero attached hydrogens (tertiary/aromatic N) is 3. The summed E-state index contributed by atoms with van der Waals surface area (Å²) in [7, 11) is 3.44. The fourth-order valence-electron chi connectivity index (χ4n) is 4.18. The van der Waals surface area contributed by atoms with Crippen LogP contribution < -0.4 is 15.5 Å². The molecule has 7 nitrogen and oxygen atoms in total. The normalized spacial score (nSPS) is 15.4. The molecule has 3 amide bonds. The second-order valence-corrected chi connectivity index (χ2v) is 9.08. The van der Waals surface area contributed by atoms with Crippen molar-refractivity contribution in [3.8, 4) is 0 Å². The summed E-state index contributed by atoms with van der Waals surface area (Å²) in [5, 5.41) is 6.39. The molecule has 1 aliphatic rings. The molecule has 2 heterocycles. The molecular formula is C26H21BrFN5O2. The Kier molecular flexibility index (Phi) is 5.86. The van der Waals surface area contributed by atoms with Crippen molar-refractivity contribution in [2.75, 3.05) is 17.3 Å². The number of anilines is 2. The quantitative estimate of drug-likeness (QED) is 0.386. The number of aromatic nitrogens is 1. The highest BCUT2D eigenvalue weighted by molar-refractivity contribution is 9.10. The minimum atomic E-state index is -1.26. The number of urea groups is 1. The summed E-state index contributed by atoms with van der Waals surface area (Å²) in [6, 6.07) is 20.4. The Morgan fingerprint density at radius 2 is 1.71 bits per heavy atom. The lowest BCUT2D eigenvalue weighted by Crippen LogP contribution is -2.47. The van der Waals surface area contributed by atoms with E-state index in [1.54, 1.807) is 49.5 Å². The van der Waals surface area contributed by atoms with Gasteiger partial charge in [-0.15, -0.1) is 0 Å². The number of likely N-dealkylation sites (N-methyl/N-ethyl adjacent to an activating group) is 1. The lowest BCUT2D eigenvalue weighted by Gasteiger charge is -2.21. The summed E-state index contributed by atoms with van der Waals surface area (Å²) < 4.78 is 17.5. The number of hydrogen-bond acceptors (Lipinski definition) is 3. The van der Waals surface area contributed by atoms with Crippen LogP contribution >= 0.6 is 15.9 Å². The van der Waals surface area contributed by atoms with E-state index in [9.17, 15) is 14.0 Å². The van der Waals surface area contributed by atoms with E-state index in [-0.39, 0.29) is 11.3 Å². The maximum atomic E-state index is 14.8. The molecule has 0 radical (unpaired) electrons. The number of para-hydroxylation sites is 1. The van der Waals surface area contributed by atoms with Gasteiger partial charge in [0.25, 0.3) is 5.91 Å². The molecule has 0 saturated carbocycles. The van der Waals surface area contributed by atoms with Gasteiger partial charge in [-0.05, 0) is 36.4 Å². The van der Waals surface area contributed by atoms with E-state index in [0.717, 1.165) is 15.4 Å². The van der Waals surface area contributed by atoms with E-state index in [1.165, 1.54) is 11.0 Å². The van der Waals surface area contributed by atoms with Crippen molar-refractivity contribution in [3.63, 3.8) is 0 Å². The number of halogens is 2. The van der Waals surface area contributed by atoms with Crippen molar-refractivity contribution >= 4 is 56.0 Å². The second-order valence-electron chi connectivity index (χ2n) is 8.16. The minimum Gasteiger partial charge on any atom is -0.330 e. The number of amides is 3. The van der Waals surface area contributed by atoms with E-state index in [2.05, 4.69) is 31.6 Å². The number of aryl methyl sites for hydroxylation is 1. The van der Waals surface area contributed by atoms with Crippen LogP contribution in [0.3, 0.4) is 0 Å².